The molecule has 1 amide bonds. The summed E-state index contributed by atoms with van der Waals surface area (Å²) in [7, 11) is 0. The number of carbonyl (C=O) groups is 1. The van der Waals surface area contributed by atoms with E-state index in [4.69, 9.17) is 4.98 Å². The lowest BCUT2D eigenvalue weighted by atomic mass is 9.98. The summed E-state index contributed by atoms with van der Waals surface area (Å²) < 4.78 is 1.29. The summed E-state index contributed by atoms with van der Waals surface area (Å²) >= 11 is 3.29. The number of benzene rings is 1. The number of aromatic nitrogens is 1. The van der Waals surface area contributed by atoms with E-state index in [1.54, 1.807) is 0 Å². The maximum Gasteiger partial charge on any atom is 0.282 e. The first-order chi connectivity index (χ1) is 10.8. The molecular weight excluding hydrogens is 314 g/mol. The summed E-state index contributed by atoms with van der Waals surface area (Å²) in [6.07, 6.45) is 2.30. The molecule has 0 aliphatic carbocycles. The predicted molar refractivity (Wildman–Crippen MR) is 92.6 cm³/mol. The van der Waals surface area contributed by atoms with Gasteiger partial charge in [-0.3, -0.25) is 9.69 Å². The zero-order valence-electron chi connectivity index (χ0n) is 12.4. The molecule has 0 saturated carbocycles. The number of amides is 1. The summed E-state index contributed by atoms with van der Waals surface area (Å²) in [5.41, 5.74) is 1.13. The zero-order valence-corrected chi connectivity index (χ0v) is 14.0. The number of hydrogen-bond donors (Lipinski definition) is 0. The van der Waals surface area contributed by atoms with Gasteiger partial charge in [-0.1, -0.05) is 23.9 Å². The summed E-state index contributed by atoms with van der Waals surface area (Å²) in [6, 6.07) is 8.39. The fourth-order valence-electron chi connectivity index (χ4n) is 3.18. The molecule has 22 heavy (non-hydrogen) atoms. The number of piperidine rings is 1. The highest BCUT2D eigenvalue weighted by Gasteiger charge is 2.27. The number of likely N-dealkylation sites (tertiary alicyclic amines) is 1. The molecule has 4 nitrogen and oxygen atoms in total. The van der Waals surface area contributed by atoms with Gasteiger partial charge in [0.25, 0.3) is 5.24 Å². The van der Waals surface area contributed by atoms with Crippen LogP contribution in [0.5, 0.6) is 0 Å². The highest BCUT2D eigenvalue weighted by atomic mass is 32.2. The lowest BCUT2D eigenvalue weighted by Crippen LogP contribution is -2.42. The second-order valence-corrected chi connectivity index (χ2v) is 8.04. The van der Waals surface area contributed by atoms with Crippen LogP contribution in [0.2, 0.25) is 0 Å². The van der Waals surface area contributed by atoms with Crippen molar-refractivity contribution in [2.75, 3.05) is 32.1 Å². The third-order valence-corrected chi connectivity index (χ3v) is 6.55. The molecule has 4 rings (SSSR count). The van der Waals surface area contributed by atoms with Crippen molar-refractivity contribution in [2.45, 2.75) is 18.8 Å². The molecule has 1 aromatic carbocycles. The Morgan fingerprint density at radius 2 is 2.00 bits per heavy atom. The van der Waals surface area contributed by atoms with Gasteiger partial charge in [0.1, 0.15) is 0 Å². The standard InChI is InChI=1S/C16H19N3OS2/c20-16-19(9-10-21-16)11-18-7-5-12(6-8-18)15-17-13-3-1-2-4-14(13)22-15/h1-4,12H,5-11H2. The average Bonchev–Trinajstić information content (AvgIpc) is 3.15. The van der Waals surface area contributed by atoms with Crippen LogP contribution in [0.4, 0.5) is 4.79 Å². The molecule has 0 atom stereocenters. The van der Waals surface area contributed by atoms with Crippen LogP contribution >= 0.6 is 23.1 Å². The molecule has 116 valence electrons. The van der Waals surface area contributed by atoms with Gasteiger partial charge in [0.2, 0.25) is 0 Å². The van der Waals surface area contributed by atoms with Gasteiger partial charge in [0, 0.05) is 31.3 Å². The third kappa shape index (κ3) is 2.87. The zero-order chi connectivity index (χ0) is 14.9. The van der Waals surface area contributed by atoms with Crippen LogP contribution in [-0.2, 0) is 0 Å². The third-order valence-electron chi connectivity index (χ3n) is 4.46. The Morgan fingerprint density at radius 3 is 2.73 bits per heavy atom. The molecule has 3 heterocycles. The van der Waals surface area contributed by atoms with Gasteiger partial charge in [0.15, 0.2) is 0 Å². The van der Waals surface area contributed by atoms with Crippen molar-refractivity contribution >= 4 is 38.6 Å². The lowest BCUT2D eigenvalue weighted by Gasteiger charge is -2.33. The molecule has 0 bridgehead atoms. The van der Waals surface area contributed by atoms with Crippen LogP contribution in [0.15, 0.2) is 24.3 Å². The maximum absolute atomic E-state index is 11.7. The fourth-order valence-corrected chi connectivity index (χ4v) is 5.14. The second-order valence-electron chi connectivity index (χ2n) is 5.93. The maximum atomic E-state index is 11.7. The van der Waals surface area contributed by atoms with Crippen LogP contribution < -0.4 is 0 Å². The number of nitrogens with zero attached hydrogens (tertiary/aromatic N) is 3. The van der Waals surface area contributed by atoms with Crippen LogP contribution in [0.3, 0.4) is 0 Å². The van der Waals surface area contributed by atoms with E-state index in [0.29, 0.717) is 5.92 Å². The van der Waals surface area contributed by atoms with E-state index in [2.05, 4.69) is 29.2 Å². The summed E-state index contributed by atoms with van der Waals surface area (Å²) in [6.45, 7) is 3.84. The monoisotopic (exact) mass is 333 g/mol. The van der Waals surface area contributed by atoms with E-state index in [9.17, 15) is 4.79 Å². The smallest absolute Gasteiger partial charge is 0.282 e. The van der Waals surface area contributed by atoms with Gasteiger partial charge in [-0.15, -0.1) is 11.3 Å². The summed E-state index contributed by atoms with van der Waals surface area (Å²) in [5.74, 6) is 1.53. The van der Waals surface area contributed by atoms with Gasteiger partial charge in [-0.25, -0.2) is 4.98 Å². The number of fused-ring (bicyclic) bond motifs is 1. The van der Waals surface area contributed by atoms with Gasteiger partial charge >= 0.3 is 0 Å². The predicted octanol–water partition coefficient (Wildman–Crippen LogP) is 3.60. The van der Waals surface area contributed by atoms with Crippen molar-refractivity contribution < 1.29 is 4.79 Å². The Morgan fingerprint density at radius 1 is 1.18 bits per heavy atom. The lowest BCUT2D eigenvalue weighted by molar-refractivity contribution is 0.136. The molecule has 2 aromatic rings. The first-order valence-electron chi connectivity index (χ1n) is 7.79. The topological polar surface area (TPSA) is 36.4 Å². The van der Waals surface area contributed by atoms with Crippen molar-refractivity contribution in [3.05, 3.63) is 29.3 Å². The van der Waals surface area contributed by atoms with Crippen molar-refractivity contribution in [1.29, 1.82) is 0 Å². The normalized spacial score (nSPS) is 21.1. The fraction of sp³-hybridized carbons (Fsp3) is 0.500. The van der Waals surface area contributed by atoms with E-state index in [1.165, 1.54) is 21.5 Å². The Bertz CT molecular complexity index is 646. The van der Waals surface area contributed by atoms with E-state index in [0.717, 1.165) is 50.4 Å². The number of thioether (sulfide) groups is 1. The minimum absolute atomic E-state index is 0.244. The molecule has 6 heteroatoms. The summed E-state index contributed by atoms with van der Waals surface area (Å²) in [4.78, 5) is 20.9. The molecule has 2 aliphatic heterocycles. The van der Waals surface area contributed by atoms with Crippen molar-refractivity contribution in [2.24, 2.45) is 0 Å². The molecule has 0 radical (unpaired) electrons. The van der Waals surface area contributed by atoms with E-state index in [1.807, 2.05) is 16.2 Å². The molecule has 0 unspecified atom stereocenters. The number of para-hydroxylation sites is 1. The van der Waals surface area contributed by atoms with Crippen LogP contribution in [-0.4, -0.2) is 52.1 Å². The van der Waals surface area contributed by atoms with Crippen LogP contribution in [0, 0.1) is 0 Å². The number of hydrogen-bond acceptors (Lipinski definition) is 5. The van der Waals surface area contributed by atoms with Gasteiger partial charge in [0.05, 0.1) is 21.9 Å². The molecule has 1 aromatic heterocycles. The first-order valence-corrected chi connectivity index (χ1v) is 9.59. The minimum Gasteiger partial charge on any atom is -0.320 e. The Kier molecular flexibility index (Phi) is 4.07. The second kappa shape index (κ2) is 6.18. The quantitative estimate of drug-likeness (QED) is 0.860. The Hall–Kier alpha value is -1.11. The number of carbonyl (C=O) groups excluding carboxylic acids is 1. The SMILES string of the molecule is O=C1SCCN1CN1CCC(c2nc3ccccc3s2)CC1. The highest BCUT2D eigenvalue weighted by Crippen LogP contribution is 2.34. The van der Waals surface area contributed by atoms with Crippen molar-refractivity contribution in [1.82, 2.24) is 14.8 Å². The molecular formula is C16H19N3OS2. The van der Waals surface area contributed by atoms with Gasteiger partial charge in [-0.2, -0.15) is 0 Å². The van der Waals surface area contributed by atoms with E-state index < -0.39 is 0 Å². The molecule has 0 spiro atoms. The van der Waals surface area contributed by atoms with Crippen molar-refractivity contribution in [3.63, 3.8) is 0 Å². The van der Waals surface area contributed by atoms with E-state index >= 15 is 0 Å². The Labute approximate surface area is 138 Å². The number of rotatable bonds is 3. The first kappa shape index (κ1) is 14.5. The van der Waals surface area contributed by atoms with Gasteiger partial charge < -0.3 is 4.90 Å². The van der Waals surface area contributed by atoms with Crippen LogP contribution in [0.1, 0.15) is 23.8 Å². The molecule has 2 aliphatic rings. The molecule has 0 N–H and O–H groups in total. The number of thiazole rings is 1. The molecule has 2 fully saturated rings. The van der Waals surface area contributed by atoms with Crippen molar-refractivity contribution in [3.8, 4) is 0 Å². The average molecular weight is 333 g/mol. The molecule has 2 saturated heterocycles. The largest absolute Gasteiger partial charge is 0.320 e. The minimum atomic E-state index is 0.244. The van der Waals surface area contributed by atoms with Gasteiger partial charge in [-0.05, 0) is 25.0 Å². The Balaban J connectivity index is 1.38. The summed E-state index contributed by atoms with van der Waals surface area (Å²) in [5, 5.41) is 1.53. The van der Waals surface area contributed by atoms with Crippen LogP contribution in [0.25, 0.3) is 10.2 Å². The highest BCUT2D eigenvalue weighted by molar-refractivity contribution is 8.13. The van der Waals surface area contributed by atoms with E-state index in [-0.39, 0.29) is 5.24 Å².